The lowest BCUT2D eigenvalue weighted by atomic mass is 9.97. The molecule has 2 N–H and O–H groups in total. The highest BCUT2D eigenvalue weighted by Crippen LogP contribution is 2.18. The van der Waals surface area contributed by atoms with Crippen molar-refractivity contribution in [3.8, 4) is 0 Å². The first-order valence-electron chi connectivity index (χ1n) is 5.95. The predicted octanol–water partition coefficient (Wildman–Crippen LogP) is 1.11. The Morgan fingerprint density at radius 2 is 2.00 bits per heavy atom. The van der Waals surface area contributed by atoms with E-state index in [1.165, 1.54) is 25.1 Å². The Morgan fingerprint density at radius 3 is 2.52 bits per heavy atom. The van der Waals surface area contributed by atoms with Crippen molar-refractivity contribution in [2.45, 2.75) is 19.4 Å². The maximum atomic E-state index is 11.8. The van der Waals surface area contributed by atoms with Gasteiger partial charge in [0.2, 0.25) is 0 Å². The van der Waals surface area contributed by atoms with Crippen molar-refractivity contribution in [1.29, 1.82) is 0 Å². The number of aliphatic hydroxyl groups is 1. The fourth-order valence-electron chi connectivity index (χ4n) is 1.67. The summed E-state index contributed by atoms with van der Waals surface area (Å²) in [6, 6.07) is 4.14. The molecule has 0 aliphatic carbocycles. The third kappa shape index (κ3) is 4.43. The zero-order valence-electron chi connectivity index (χ0n) is 11.2. The van der Waals surface area contributed by atoms with E-state index in [0.29, 0.717) is 0 Å². The summed E-state index contributed by atoms with van der Waals surface area (Å²) >= 11 is 0. The average molecular weight is 294 g/mol. The summed E-state index contributed by atoms with van der Waals surface area (Å²) in [4.78, 5) is 42.3. The molecule has 0 amide bonds. The summed E-state index contributed by atoms with van der Waals surface area (Å²) in [6.07, 6.45) is 0.0535. The Bertz CT molecular complexity index is 575. The second-order valence-electron chi connectivity index (χ2n) is 4.18. The number of carbonyl (C=O) groups excluding carboxylic acids is 2. The highest BCUT2D eigenvalue weighted by atomic mass is 17.2. The van der Waals surface area contributed by atoms with Crippen LogP contribution >= 0.6 is 0 Å². The first-order chi connectivity index (χ1) is 9.86. The van der Waals surface area contributed by atoms with E-state index in [4.69, 9.17) is 0 Å². The second kappa shape index (κ2) is 7.20. The largest absolute Gasteiger partial charge is 0.478 e. The minimum Gasteiger partial charge on any atom is -0.478 e. The minimum atomic E-state index is -1.35. The van der Waals surface area contributed by atoms with Gasteiger partial charge in [-0.25, -0.2) is 24.2 Å². The molecule has 1 rings (SSSR count). The van der Waals surface area contributed by atoms with Gasteiger partial charge in [0.05, 0.1) is 17.2 Å². The van der Waals surface area contributed by atoms with Gasteiger partial charge in [0, 0.05) is 6.08 Å². The number of carbonyl (C=O) groups is 3. The highest BCUT2D eigenvalue weighted by Gasteiger charge is 2.23. The summed E-state index contributed by atoms with van der Waals surface area (Å²) in [6.45, 7) is 4.60. The van der Waals surface area contributed by atoms with Gasteiger partial charge in [-0.15, -0.1) is 0 Å². The monoisotopic (exact) mass is 294 g/mol. The molecule has 0 fully saturated rings. The van der Waals surface area contributed by atoms with Gasteiger partial charge in [-0.2, -0.15) is 0 Å². The van der Waals surface area contributed by atoms with E-state index in [1.807, 2.05) is 0 Å². The summed E-state index contributed by atoms with van der Waals surface area (Å²) in [5, 5.41) is 18.6. The fourth-order valence-corrected chi connectivity index (χ4v) is 1.67. The van der Waals surface area contributed by atoms with Gasteiger partial charge < -0.3 is 10.2 Å². The lowest BCUT2D eigenvalue weighted by Gasteiger charge is -2.11. The van der Waals surface area contributed by atoms with Crippen LogP contribution in [0.25, 0.3) is 0 Å². The van der Waals surface area contributed by atoms with Gasteiger partial charge in [-0.3, -0.25) is 0 Å². The van der Waals surface area contributed by atoms with Crippen LogP contribution in [0.2, 0.25) is 0 Å². The molecule has 1 aromatic carbocycles. The van der Waals surface area contributed by atoms with E-state index < -0.39 is 24.0 Å². The molecule has 1 aromatic rings. The number of rotatable bonds is 5. The van der Waals surface area contributed by atoms with Crippen molar-refractivity contribution in [2.24, 2.45) is 0 Å². The molecule has 0 aliphatic rings. The van der Waals surface area contributed by atoms with Crippen molar-refractivity contribution >= 4 is 17.9 Å². The molecule has 1 unspecified atom stereocenters. The zero-order valence-corrected chi connectivity index (χ0v) is 11.2. The molecule has 0 saturated carbocycles. The van der Waals surface area contributed by atoms with Crippen molar-refractivity contribution in [3.05, 3.63) is 47.5 Å². The number of aliphatic hydroxyl groups excluding tert-OH is 1. The molecule has 0 spiro atoms. The van der Waals surface area contributed by atoms with E-state index in [-0.39, 0.29) is 23.1 Å². The minimum absolute atomic E-state index is 0.0508. The number of aromatic carboxylic acids is 1. The van der Waals surface area contributed by atoms with Crippen LogP contribution in [0.15, 0.2) is 30.9 Å². The third-order valence-corrected chi connectivity index (χ3v) is 2.47. The second-order valence-corrected chi connectivity index (χ2v) is 4.18. The Balaban J connectivity index is 3.11. The van der Waals surface area contributed by atoms with Gasteiger partial charge >= 0.3 is 17.9 Å². The summed E-state index contributed by atoms with van der Waals surface area (Å²) in [5.74, 6) is -3.47. The van der Waals surface area contributed by atoms with Crippen LogP contribution in [-0.2, 0) is 21.0 Å². The highest BCUT2D eigenvalue weighted by molar-refractivity contribution is 6.03. The molecule has 7 heteroatoms. The van der Waals surface area contributed by atoms with Gasteiger partial charge in [-0.1, -0.05) is 18.7 Å². The number of carboxylic acids is 1. The van der Waals surface area contributed by atoms with Crippen molar-refractivity contribution in [1.82, 2.24) is 0 Å². The molecule has 112 valence electrons. The van der Waals surface area contributed by atoms with Crippen LogP contribution < -0.4 is 0 Å². The summed E-state index contributed by atoms with van der Waals surface area (Å²) in [5.41, 5.74) is -0.322. The maximum absolute atomic E-state index is 11.8. The predicted molar refractivity (Wildman–Crippen MR) is 70.5 cm³/mol. The fraction of sp³-hybridized carbons (Fsp3) is 0.214. The van der Waals surface area contributed by atoms with E-state index >= 15 is 0 Å². The van der Waals surface area contributed by atoms with Crippen LogP contribution in [0.5, 0.6) is 0 Å². The Kier molecular flexibility index (Phi) is 5.62. The molecule has 7 nitrogen and oxygen atoms in total. The van der Waals surface area contributed by atoms with Crippen molar-refractivity contribution in [3.63, 3.8) is 0 Å². The van der Waals surface area contributed by atoms with Crippen molar-refractivity contribution in [2.75, 3.05) is 0 Å². The first-order valence-corrected chi connectivity index (χ1v) is 5.95. The van der Waals surface area contributed by atoms with Crippen LogP contribution in [0, 0.1) is 0 Å². The number of hydrogen-bond donors (Lipinski definition) is 2. The van der Waals surface area contributed by atoms with Crippen LogP contribution in [0.3, 0.4) is 0 Å². The smallest absolute Gasteiger partial charge is 0.387 e. The molecule has 1 atom stereocenters. The molecule has 0 aliphatic heterocycles. The van der Waals surface area contributed by atoms with E-state index in [0.717, 1.165) is 6.08 Å². The molecular weight excluding hydrogens is 280 g/mol. The Labute approximate surface area is 120 Å². The normalized spacial score (nSPS) is 11.3. The van der Waals surface area contributed by atoms with Crippen LogP contribution in [0.4, 0.5) is 0 Å². The molecule has 0 heterocycles. The van der Waals surface area contributed by atoms with E-state index in [9.17, 15) is 24.6 Å². The van der Waals surface area contributed by atoms with E-state index in [1.54, 1.807) is 0 Å². The maximum Gasteiger partial charge on any atom is 0.387 e. The number of benzene rings is 1. The lowest BCUT2D eigenvalue weighted by molar-refractivity contribution is -0.228. The van der Waals surface area contributed by atoms with E-state index in [2.05, 4.69) is 16.4 Å². The number of hydrogen-bond acceptors (Lipinski definition) is 6. The zero-order chi connectivity index (χ0) is 16.0. The lowest BCUT2D eigenvalue weighted by Crippen LogP contribution is -2.17. The molecular formula is C14H14O7. The summed E-state index contributed by atoms with van der Waals surface area (Å²) in [7, 11) is 0. The van der Waals surface area contributed by atoms with Crippen molar-refractivity contribution < 1.29 is 34.4 Å². The SMILES string of the molecule is C=CC(=O)OOC(=O)c1cccc(CC(C)O)c1C(=O)O. The summed E-state index contributed by atoms with van der Waals surface area (Å²) < 4.78 is 0. The molecule has 0 radical (unpaired) electrons. The topological polar surface area (TPSA) is 110 Å². The molecule has 0 saturated heterocycles. The van der Waals surface area contributed by atoms with Crippen LogP contribution in [0.1, 0.15) is 33.2 Å². The van der Waals surface area contributed by atoms with Gasteiger partial charge in [0.25, 0.3) is 0 Å². The quantitative estimate of drug-likeness (QED) is 0.475. The molecule has 21 heavy (non-hydrogen) atoms. The standard InChI is InChI=1S/C14H14O7/c1-3-11(16)20-21-14(19)10-6-4-5-9(7-8(2)15)12(10)13(17)18/h3-6,8,15H,1,7H2,2H3,(H,17,18). The molecule has 0 bridgehead atoms. The number of carboxylic acid groups (broad SMARTS) is 1. The Morgan fingerprint density at radius 1 is 1.33 bits per heavy atom. The first kappa shape index (κ1) is 16.4. The van der Waals surface area contributed by atoms with Gasteiger partial charge in [0.15, 0.2) is 0 Å². The van der Waals surface area contributed by atoms with Gasteiger partial charge in [0.1, 0.15) is 0 Å². The van der Waals surface area contributed by atoms with Gasteiger partial charge in [-0.05, 0) is 25.0 Å². The molecule has 0 aromatic heterocycles. The Hall–Kier alpha value is -2.67. The average Bonchev–Trinajstić information content (AvgIpc) is 2.43. The van der Waals surface area contributed by atoms with Crippen LogP contribution in [-0.4, -0.2) is 34.2 Å². The third-order valence-electron chi connectivity index (χ3n) is 2.47.